The number of carbonyl (C=O) groups is 1. The fourth-order valence-corrected chi connectivity index (χ4v) is 4.69. The number of nitrogens with zero attached hydrogens (tertiary/aromatic N) is 1. The summed E-state index contributed by atoms with van der Waals surface area (Å²) in [4.78, 5) is 14.2. The highest BCUT2D eigenvalue weighted by Crippen LogP contribution is 2.23. The summed E-state index contributed by atoms with van der Waals surface area (Å²) < 4.78 is 38.4. The van der Waals surface area contributed by atoms with Crippen molar-refractivity contribution in [1.29, 1.82) is 0 Å². The normalized spacial score (nSPS) is 15.2. The predicted octanol–water partition coefficient (Wildman–Crippen LogP) is 2.82. The zero-order chi connectivity index (χ0) is 20.9. The molecule has 0 atom stereocenters. The summed E-state index contributed by atoms with van der Waals surface area (Å²) in [5.41, 5.74) is 1.32. The van der Waals surface area contributed by atoms with E-state index < -0.39 is 16.0 Å². The minimum Gasteiger partial charge on any atom is -0.497 e. The van der Waals surface area contributed by atoms with E-state index in [1.54, 1.807) is 26.2 Å². The van der Waals surface area contributed by atoms with Gasteiger partial charge in [0, 0.05) is 24.8 Å². The Morgan fingerprint density at radius 2 is 1.83 bits per heavy atom. The molecule has 1 aliphatic rings. The van der Waals surface area contributed by atoms with E-state index >= 15 is 0 Å². The van der Waals surface area contributed by atoms with Crippen LogP contribution in [0.3, 0.4) is 0 Å². The topological polar surface area (TPSA) is 84.9 Å². The van der Waals surface area contributed by atoms with Crippen molar-refractivity contribution < 1.29 is 22.7 Å². The summed E-state index contributed by atoms with van der Waals surface area (Å²) >= 11 is 0. The van der Waals surface area contributed by atoms with Crippen molar-refractivity contribution in [3.8, 4) is 5.75 Å². The summed E-state index contributed by atoms with van der Waals surface area (Å²) in [6.07, 6.45) is 1.39. The van der Waals surface area contributed by atoms with Gasteiger partial charge in [-0.1, -0.05) is 6.07 Å². The average molecular weight is 419 g/mol. The molecule has 0 amide bonds. The van der Waals surface area contributed by atoms with E-state index in [2.05, 4.69) is 9.62 Å². The summed E-state index contributed by atoms with van der Waals surface area (Å²) in [6.45, 7) is 3.45. The molecule has 7 nitrogen and oxygen atoms in total. The Labute approximate surface area is 171 Å². The number of rotatable bonds is 7. The zero-order valence-corrected chi connectivity index (χ0v) is 17.4. The number of esters is 1. The number of carbonyl (C=O) groups excluding carboxylic acids is 1. The average Bonchev–Trinajstić information content (AvgIpc) is 2.74. The van der Waals surface area contributed by atoms with Gasteiger partial charge in [0.05, 0.1) is 24.2 Å². The molecule has 29 heavy (non-hydrogen) atoms. The third kappa shape index (κ3) is 5.27. The van der Waals surface area contributed by atoms with Crippen molar-refractivity contribution in [2.75, 3.05) is 31.7 Å². The van der Waals surface area contributed by atoms with E-state index in [9.17, 15) is 13.2 Å². The van der Waals surface area contributed by atoms with Crippen molar-refractivity contribution in [2.24, 2.45) is 0 Å². The SMILES string of the molecule is CCOC(=O)c1cccc(S(=O)(=O)NC2CCN(c3ccc(OC)cc3)CC2)c1. The van der Waals surface area contributed by atoms with Crippen LogP contribution in [0.25, 0.3) is 0 Å². The second kappa shape index (κ2) is 9.28. The highest BCUT2D eigenvalue weighted by Gasteiger charge is 2.25. The number of sulfonamides is 1. The smallest absolute Gasteiger partial charge is 0.338 e. The van der Waals surface area contributed by atoms with Crippen molar-refractivity contribution in [3.63, 3.8) is 0 Å². The Balaban J connectivity index is 1.62. The van der Waals surface area contributed by atoms with Gasteiger partial charge >= 0.3 is 5.97 Å². The van der Waals surface area contributed by atoms with Gasteiger partial charge < -0.3 is 14.4 Å². The number of hydrogen-bond donors (Lipinski definition) is 1. The lowest BCUT2D eigenvalue weighted by atomic mass is 10.1. The number of hydrogen-bond acceptors (Lipinski definition) is 6. The first-order valence-electron chi connectivity index (χ1n) is 9.61. The molecule has 0 radical (unpaired) electrons. The van der Waals surface area contributed by atoms with Gasteiger partial charge in [0.1, 0.15) is 5.75 Å². The second-order valence-electron chi connectivity index (χ2n) is 6.83. The van der Waals surface area contributed by atoms with Gasteiger partial charge in [-0.15, -0.1) is 0 Å². The van der Waals surface area contributed by atoms with Crippen LogP contribution in [-0.4, -0.2) is 47.2 Å². The van der Waals surface area contributed by atoms with Crippen LogP contribution < -0.4 is 14.4 Å². The fraction of sp³-hybridized carbons (Fsp3) is 0.381. The van der Waals surface area contributed by atoms with Gasteiger partial charge in [0.2, 0.25) is 10.0 Å². The first-order valence-corrected chi connectivity index (χ1v) is 11.1. The van der Waals surface area contributed by atoms with Crippen LogP contribution in [0, 0.1) is 0 Å². The molecule has 2 aromatic carbocycles. The Morgan fingerprint density at radius 1 is 1.14 bits per heavy atom. The molecule has 1 aliphatic heterocycles. The Morgan fingerprint density at radius 3 is 2.45 bits per heavy atom. The molecule has 0 bridgehead atoms. The molecule has 1 N–H and O–H groups in total. The second-order valence-corrected chi connectivity index (χ2v) is 8.54. The number of piperidine rings is 1. The largest absolute Gasteiger partial charge is 0.497 e. The molecule has 0 saturated carbocycles. The van der Waals surface area contributed by atoms with Crippen molar-refractivity contribution >= 4 is 21.7 Å². The van der Waals surface area contributed by atoms with E-state index in [0.29, 0.717) is 12.8 Å². The molecule has 0 unspecified atom stereocenters. The molecular formula is C21H26N2O5S. The molecule has 1 saturated heterocycles. The minimum absolute atomic E-state index is 0.0700. The van der Waals surface area contributed by atoms with Crippen LogP contribution in [0.5, 0.6) is 5.75 Å². The van der Waals surface area contributed by atoms with E-state index in [1.807, 2.05) is 24.3 Å². The molecule has 2 aromatic rings. The number of ether oxygens (including phenoxy) is 2. The third-order valence-electron chi connectivity index (χ3n) is 4.91. The first-order chi connectivity index (χ1) is 13.9. The highest BCUT2D eigenvalue weighted by atomic mass is 32.2. The lowest BCUT2D eigenvalue weighted by molar-refractivity contribution is 0.0526. The lowest BCUT2D eigenvalue weighted by Gasteiger charge is -2.33. The van der Waals surface area contributed by atoms with Crippen molar-refractivity contribution in [3.05, 3.63) is 54.1 Å². The van der Waals surface area contributed by atoms with E-state index in [1.165, 1.54) is 12.1 Å². The first kappa shape index (κ1) is 21.1. The van der Waals surface area contributed by atoms with Crippen LogP contribution in [0.1, 0.15) is 30.1 Å². The highest BCUT2D eigenvalue weighted by molar-refractivity contribution is 7.89. The van der Waals surface area contributed by atoms with E-state index in [-0.39, 0.29) is 23.1 Å². The van der Waals surface area contributed by atoms with Gasteiger partial charge in [-0.25, -0.2) is 17.9 Å². The number of methoxy groups -OCH3 is 1. The van der Waals surface area contributed by atoms with Crippen molar-refractivity contribution in [1.82, 2.24) is 4.72 Å². The van der Waals surface area contributed by atoms with Gasteiger partial charge in [-0.2, -0.15) is 0 Å². The van der Waals surface area contributed by atoms with E-state index in [4.69, 9.17) is 9.47 Å². The van der Waals surface area contributed by atoms with Crippen LogP contribution in [0.15, 0.2) is 53.4 Å². The Bertz CT molecular complexity index is 936. The molecule has 0 aromatic heterocycles. The van der Waals surface area contributed by atoms with Gasteiger partial charge in [0.15, 0.2) is 0 Å². The fourth-order valence-electron chi connectivity index (χ4n) is 3.34. The third-order valence-corrected chi connectivity index (χ3v) is 6.43. The zero-order valence-electron chi connectivity index (χ0n) is 16.6. The van der Waals surface area contributed by atoms with Crippen molar-refractivity contribution in [2.45, 2.75) is 30.7 Å². The quantitative estimate of drug-likeness (QED) is 0.696. The summed E-state index contributed by atoms with van der Waals surface area (Å²) in [5.74, 6) is 0.277. The monoisotopic (exact) mass is 418 g/mol. The molecule has 0 spiro atoms. The number of nitrogens with one attached hydrogen (secondary N) is 1. The molecule has 1 heterocycles. The van der Waals surface area contributed by atoms with Crippen LogP contribution in [0.4, 0.5) is 5.69 Å². The van der Waals surface area contributed by atoms with Gasteiger partial charge in [-0.3, -0.25) is 0 Å². The summed E-state index contributed by atoms with van der Waals surface area (Å²) in [5, 5.41) is 0. The number of benzene rings is 2. The lowest BCUT2D eigenvalue weighted by Crippen LogP contribution is -2.44. The summed E-state index contributed by atoms with van der Waals surface area (Å²) in [7, 11) is -2.08. The maximum Gasteiger partial charge on any atom is 0.338 e. The number of anilines is 1. The molecular weight excluding hydrogens is 392 g/mol. The molecule has 8 heteroatoms. The Hall–Kier alpha value is -2.58. The maximum atomic E-state index is 12.8. The minimum atomic E-state index is -3.71. The van der Waals surface area contributed by atoms with Crippen LogP contribution >= 0.6 is 0 Å². The Kier molecular flexibility index (Phi) is 6.76. The summed E-state index contributed by atoms with van der Waals surface area (Å²) in [6, 6.07) is 13.6. The predicted molar refractivity (Wildman–Crippen MR) is 111 cm³/mol. The standard InChI is InChI=1S/C21H26N2O5S/c1-3-28-21(24)16-5-4-6-20(15-16)29(25,26)22-17-11-13-23(14-12-17)18-7-9-19(27-2)10-8-18/h4-10,15,17,22H,3,11-14H2,1-2H3. The maximum absolute atomic E-state index is 12.8. The van der Waals surface area contributed by atoms with Crippen LogP contribution in [0.2, 0.25) is 0 Å². The van der Waals surface area contributed by atoms with Crippen LogP contribution in [-0.2, 0) is 14.8 Å². The molecule has 0 aliphatic carbocycles. The molecule has 1 fully saturated rings. The molecule has 3 rings (SSSR count). The molecule has 156 valence electrons. The van der Waals surface area contributed by atoms with E-state index in [0.717, 1.165) is 24.5 Å². The van der Waals surface area contributed by atoms with Gasteiger partial charge in [0.25, 0.3) is 0 Å². The van der Waals surface area contributed by atoms with Gasteiger partial charge in [-0.05, 0) is 62.2 Å².